The third kappa shape index (κ3) is 29.5. The van der Waals surface area contributed by atoms with Crippen molar-refractivity contribution in [2.24, 2.45) is 5.92 Å². The summed E-state index contributed by atoms with van der Waals surface area (Å²) >= 11 is 0. The molecule has 8 nitrogen and oxygen atoms in total. The molecule has 170 valence electrons. The van der Waals surface area contributed by atoms with Crippen LogP contribution in [-0.2, 0) is 9.59 Å². The fourth-order valence-corrected chi connectivity index (χ4v) is 2.24. The summed E-state index contributed by atoms with van der Waals surface area (Å²) in [6.45, 7) is 4.05. The lowest BCUT2D eigenvalue weighted by Gasteiger charge is -2.06. The van der Waals surface area contributed by atoms with E-state index in [4.69, 9.17) is 20.4 Å². The predicted octanol–water partition coefficient (Wildman–Crippen LogP) is 2.09. The molecule has 0 atom stereocenters. The number of unbranched alkanes of at least 4 members (excludes halogenated alkanes) is 8. The average molecular weight is 409 g/mol. The second kappa shape index (κ2) is 28.0. The Morgan fingerprint density at radius 1 is 0.714 bits per heavy atom. The zero-order chi connectivity index (χ0) is 22.0. The van der Waals surface area contributed by atoms with Crippen LogP contribution in [0.1, 0.15) is 71.1 Å². The van der Waals surface area contributed by atoms with Crippen molar-refractivity contribution < 1.29 is 30.0 Å². The number of hydrogen-bond acceptors (Lipinski definition) is 6. The molecular formula is C20H44N2O6. The van der Waals surface area contributed by atoms with Gasteiger partial charge in [0.1, 0.15) is 0 Å². The lowest BCUT2D eigenvalue weighted by Crippen LogP contribution is -2.23. The number of aliphatic carboxylic acids is 2. The lowest BCUT2D eigenvalue weighted by molar-refractivity contribution is -0.154. The molecule has 0 aromatic carbocycles. The Bertz CT molecular complexity index is 306. The Balaban J connectivity index is -0.000000512. The van der Waals surface area contributed by atoms with E-state index in [1.165, 1.54) is 38.5 Å². The van der Waals surface area contributed by atoms with Crippen molar-refractivity contribution in [2.75, 3.05) is 40.4 Å². The molecule has 28 heavy (non-hydrogen) atoms. The normalized spacial score (nSPS) is 9.93. The molecule has 0 amide bonds. The maximum absolute atomic E-state index is 10.6. The number of nitrogens with one attached hydrogen (secondary N) is 2. The molecule has 0 rings (SSSR count). The van der Waals surface area contributed by atoms with Gasteiger partial charge >= 0.3 is 11.9 Å². The smallest absolute Gasteiger partial charge is 0.317 e. The molecule has 0 aromatic heterocycles. The van der Waals surface area contributed by atoms with Crippen LogP contribution in [0.5, 0.6) is 0 Å². The summed E-state index contributed by atoms with van der Waals surface area (Å²) in [5, 5.41) is 38.9. The minimum absolute atomic E-state index is 0.233. The van der Waals surface area contributed by atoms with Crippen LogP contribution >= 0.6 is 0 Å². The van der Waals surface area contributed by atoms with Gasteiger partial charge in [-0.05, 0) is 20.5 Å². The number of likely N-dealkylation sites (N-methyl/N-ethyl adjacent to an activating group) is 2. The molecule has 0 heterocycles. The van der Waals surface area contributed by atoms with Gasteiger partial charge in [0.15, 0.2) is 5.92 Å². The SMILES string of the molecule is CCCCCCCCCCCC(C(=O)O)C(=O)O.CNCCO.CNCCO. The highest BCUT2D eigenvalue weighted by Gasteiger charge is 2.24. The van der Waals surface area contributed by atoms with Gasteiger partial charge < -0.3 is 31.1 Å². The van der Waals surface area contributed by atoms with Gasteiger partial charge in [-0.3, -0.25) is 9.59 Å². The van der Waals surface area contributed by atoms with Crippen LogP contribution in [0.25, 0.3) is 0 Å². The molecule has 0 fully saturated rings. The summed E-state index contributed by atoms with van der Waals surface area (Å²) in [6, 6.07) is 0. The van der Waals surface area contributed by atoms with Crippen molar-refractivity contribution in [2.45, 2.75) is 71.1 Å². The van der Waals surface area contributed by atoms with Crippen LogP contribution in [0.15, 0.2) is 0 Å². The van der Waals surface area contributed by atoms with E-state index in [9.17, 15) is 9.59 Å². The van der Waals surface area contributed by atoms with Crippen molar-refractivity contribution in [3.63, 3.8) is 0 Å². The van der Waals surface area contributed by atoms with Crippen LogP contribution in [0, 0.1) is 5.92 Å². The van der Waals surface area contributed by atoms with Gasteiger partial charge in [-0.15, -0.1) is 0 Å². The quantitative estimate of drug-likeness (QED) is 0.169. The van der Waals surface area contributed by atoms with Gasteiger partial charge in [0.2, 0.25) is 0 Å². The van der Waals surface area contributed by atoms with E-state index in [-0.39, 0.29) is 19.6 Å². The molecule has 0 aliphatic rings. The fraction of sp³-hybridized carbons (Fsp3) is 0.900. The number of carboxylic acids is 2. The standard InChI is InChI=1S/C14H26O4.2C3H9NO/c1-2-3-4-5-6-7-8-9-10-11-12(13(15)16)14(17)18;2*1-4-2-3-5/h12H,2-11H2,1H3,(H,15,16)(H,17,18);2*4-5H,2-3H2,1H3. The third-order valence-corrected chi connectivity index (χ3v) is 3.92. The van der Waals surface area contributed by atoms with Gasteiger partial charge in [0.05, 0.1) is 13.2 Å². The van der Waals surface area contributed by atoms with Crippen LogP contribution in [0.3, 0.4) is 0 Å². The van der Waals surface area contributed by atoms with Crippen molar-refractivity contribution >= 4 is 11.9 Å². The van der Waals surface area contributed by atoms with E-state index < -0.39 is 17.9 Å². The summed E-state index contributed by atoms with van der Waals surface area (Å²) in [7, 11) is 3.60. The Morgan fingerprint density at radius 2 is 1.07 bits per heavy atom. The van der Waals surface area contributed by atoms with E-state index >= 15 is 0 Å². The molecule has 0 bridgehead atoms. The fourth-order valence-electron chi connectivity index (χ4n) is 2.24. The van der Waals surface area contributed by atoms with Crippen molar-refractivity contribution in [3.05, 3.63) is 0 Å². The molecule has 0 aliphatic carbocycles. The van der Waals surface area contributed by atoms with E-state index in [0.717, 1.165) is 12.8 Å². The zero-order valence-corrected chi connectivity index (χ0v) is 18.1. The molecule has 0 aromatic rings. The summed E-state index contributed by atoms with van der Waals surface area (Å²) < 4.78 is 0. The number of rotatable bonds is 16. The van der Waals surface area contributed by atoms with Crippen LogP contribution in [-0.4, -0.2) is 72.8 Å². The molecule has 8 heteroatoms. The highest BCUT2D eigenvalue weighted by atomic mass is 16.4. The molecule has 0 radical (unpaired) electrons. The lowest BCUT2D eigenvalue weighted by atomic mass is 10.00. The van der Waals surface area contributed by atoms with E-state index in [0.29, 0.717) is 19.5 Å². The van der Waals surface area contributed by atoms with E-state index in [1.54, 1.807) is 14.1 Å². The Kier molecular flexibility index (Phi) is 31.5. The van der Waals surface area contributed by atoms with Crippen LogP contribution in [0.2, 0.25) is 0 Å². The van der Waals surface area contributed by atoms with Crippen LogP contribution < -0.4 is 10.6 Å². The zero-order valence-electron chi connectivity index (χ0n) is 18.1. The van der Waals surface area contributed by atoms with E-state index in [2.05, 4.69) is 17.6 Å². The minimum Gasteiger partial charge on any atom is -0.481 e. The Morgan fingerprint density at radius 3 is 1.32 bits per heavy atom. The molecule has 0 spiro atoms. The van der Waals surface area contributed by atoms with Gasteiger partial charge in [-0.2, -0.15) is 0 Å². The first-order valence-electron chi connectivity index (χ1n) is 10.4. The summed E-state index contributed by atoms with van der Waals surface area (Å²) in [5.74, 6) is -3.67. The second-order valence-corrected chi connectivity index (χ2v) is 6.50. The second-order valence-electron chi connectivity index (χ2n) is 6.50. The maximum Gasteiger partial charge on any atom is 0.317 e. The molecular weight excluding hydrogens is 364 g/mol. The number of aliphatic hydroxyl groups excluding tert-OH is 2. The monoisotopic (exact) mass is 408 g/mol. The molecule has 6 N–H and O–H groups in total. The topological polar surface area (TPSA) is 139 Å². The highest BCUT2D eigenvalue weighted by Crippen LogP contribution is 2.14. The first-order valence-corrected chi connectivity index (χ1v) is 10.4. The summed E-state index contributed by atoms with van der Waals surface area (Å²) in [5.41, 5.74) is 0. The first-order chi connectivity index (χ1) is 13.4. The van der Waals surface area contributed by atoms with Gasteiger partial charge in [0.25, 0.3) is 0 Å². The van der Waals surface area contributed by atoms with Gasteiger partial charge in [-0.25, -0.2) is 0 Å². The molecule has 0 saturated heterocycles. The van der Waals surface area contributed by atoms with Crippen molar-refractivity contribution in [1.82, 2.24) is 10.6 Å². The number of carboxylic acid groups (broad SMARTS) is 2. The first kappa shape index (κ1) is 31.5. The van der Waals surface area contributed by atoms with E-state index in [1.807, 2.05) is 0 Å². The minimum atomic E-state index is -1.23. The summed E-state index contributed by atoms with van der Waals surface area (Å²) in [6.07, 6.45) is 10.5. The average Bonchev–Trinajstić information content (AvgIpc) is 2.65. The Labute approximate surface area is 170 Å². The van der Waals surface area contributed by atoms with Crippen molar-refractivity contribution in [1.29, 1.82) is 0 Å². The van der Waals surface area contributed by atoms with Crippen molar-refractivity contribution in [3.8, 4) is 0 Å². The maximum atomic E-state index is 10.6. The molecule has 0 saturated carbocycles. The number of carbonyl (C=O) groups is 2. The molecule has 0 aliphatic heterocycles. The third-order valence-electron chi connectivity index (χ3n) is 3.92. The number of hydrogen-bond donors (Lipinski definition) is 6. The van der Waals surface area contributed by atoms with Gasteiger partial charge in [-0.1, -0.05) is 64.7 Å². The summed E-state index contributed by atoms with van der Waals surface area (Å²) in [4.78, 5) is 21.3. The Hall–Kier alpha value is -1.22. The van der Waals surface area contributed by atoms with Crippen LogP contribution in [0.4, 0.5) is 0 Å². The predicted molar refractivity (Wildman–Crippen MR) is 113 cm³/mol. The largest absolute Gasteiger partial charge is 0.481 e. The van der Waals surface area contributed by atoms with Gasteiger partial charge in [0, 0.05) is 13.1 Å². The highest BCUT2D eigenvalue weighted by molar-refractivity contribution is 5.92. The number of aliphatic hydroxyl groups is 2. The molecule has 0 unspecified atom stereocenters.